The first kappa shape index (κ1) is 10.8. The maximum Gasteiger partial charge on any atom is 0.509 e. The van der Waals surface area contributed by atoms with Crippen molar-refractivity contribution >= 4 is 6.16 Å². The van der Waals surface area contributed by atoms with Gasteiger partial charge in [-0.1, -0.05) is 6.92 Å². The molecule has 0 saturated heterocycles. The van der Waals surface area contributed by atoms with Crippen LogP contribution in [0.4, 0.5) is 4.79 Å². The topological polar surface area (TPSA) is 59.3 Å². The van der Waals surface area contributed by atoms with Crippen molar-refractivity contribution in [3.63, 3.8) is 0 Å². The van der Waals surface area contributed by atoms with Gasteiger partial charge in [0.05, 0.1) is 6.61 Å². The van der Waals surface area contributed by atoms with E-state index in [0.29, 0.717) is 6.42 Å². The second kappa shape index (κ2) is 4.60. The minimum atomic E-state index is -1.06. The van der Waals surface area contributed by atoms with Crippen LogP contribution in [0.3, 0.4) is 0 Å². The van der Waals surface area contributed by atoms with Crippen molar-refractivity contribution in [3.05, 3.63) is 0 Å². The average molecular weight is 171 g/mol. The molecule has 0 N–H and O–H groups in total. The summed E-state index contributed by atoms with van der Waals surface area (Å²) in [5.74, 6) is 0. The van der Waals surface area contributed by atoms with Gasteiger partial charge in [-0.05, 0) is 20.3 Å². The van der Waals surface area contributed by atoms with Gasteiger partial charge in [-0.2, -0.15) is 5.26 Å². The third-order valence-electron chi connectivity index (χ3n) is 1.48. The normalized spacial score (nSPS) is 14.2. The van der Waals surface area contributed by atoms with Crippen LogP contribution in [0.1, 0.15) is 27.2 Å². The van der Waals surface area contributed by atoms with Crippen LogP contribution in [0, 0.1) is 11.3 Å². The van der Waals surface area contributed by atoms with Gasteiger partial charge in [0.2, 0.25) is 0 Å². The van der Waals surface area contributed by atoms with Crippen molar-refractivity contribution < 1.29 is 14.3 Å². The maximum absolute atomic E-state index is 10.8. The van der Waals surface area contributed by atoms with E-state index >= 15 is 0 Å². The molecule has 0 aromatic carbocycles. The van der Waals surface area contributed by atoms with E-state index in [0.717, 1.165) is 0 Å². The fraction of sp³-hybridized carbons (Fsp3) is 0.750. The number of hydrogen-bond donors (Lipinski definition) is 0. The Morgan fingerprint density at radius 3 is 2.50 bits per heavy atom. The molecular formula is C8H13NO3. The standard InChI is InChI=1S/C8H13NO3/c1-4-8(3,6-9)12-7(10)11-5-2/h4-5H2,1-3H3. The molecule has 1 atom stereocenters. The molecule has 0 heterocycles. The van der Waals surface area contributed by atoms with Gasteiger partial charge in [0.1, 0.15) is 6.07 Å². The number of ether oxygens (including phenoxy) is 2. The first-order valence-electron chi connectivity index (χ1n) is 3.85. The van der Waals surface area contributed by atoms with Crippen LogP contribution in [-0.2, 0) is 9.47 Å². The van der Waals surface area contributed by atoms with Gasteiger partial charge < -0.3 is 9.47 Å². The molecule has 0 aromatic heterocycles. The summed E-state index contributed by atoms with van der Waals surface area (Å²) in [6, 6.07) is 1.89. The Balaban J connectivity index is 4.05. The summed E-state index contributed by atoms with van der Waals surface area (Å²) in [7, 11) is 0. The summed E-state index contributed by atoms with van der Waals surface area (Å²) in [6.45, 7) is 5.24. The van der Waals surface area contributed by atoms with E-state index in [1.54, 1.807) is 20.8 Å². The highest BCUT2D eigenvalue weighted by molar-refractivity contribution is 5.60. The molecule has 0 amide bonds. The Bertz CT molecular complexity index is 197. The Morgan fingerprint density at radius 2 is 2.17 bits per heavy atom. The zero-order valence-electron chi connectivity index (χ0n) is 7.59. The van der Waals surface area contributed by atoms with E-state index in [4.69, 9.17) is 10.00 Å². The van der Waals surface area contributed by atoms with Gasteiger partial charge in [-0.25, -0.2) is 4.79 Å². The minimum absolute atomic E-state index is 0.254. The lowest BCUT2D eigenvalue weighted by atomic mass is 10.1. The minimum Gasteiger partial charge on any atom is -0.435 e. The van der Waals surface area contributed by atoms with E-state index in [9.17, 15) is 4.79 Å². The quantitative estimate of drug-likeness (QED) is 0.608. The van der Waals surface area contributed by atoms with Crippen LogP contribution in [0.5, 0.6) is 0 Å². The molecule has 0 radical (unpaired) electrons. The van der Waals surface area contributed by atoms with E-state index in [1.807, 2.05) is 6.07 Å². The lowest BCUT2D eigenvalue weighted by molar-refractivity contribution is 0.00205. The largest absolute Gasteiger partial charge is 0.509 e. The van der Waals surface area contributed by atoms with Gasteiger partial charge in [0.15, 0.2) is 5.60 Å². The lowest BCUT2D eigenvalue weighted by Crippen LogP contribution is -2.29. The van der Waals surface area contributed by atoms with Crippen LogP contribution >= 0.6 is 0 Å². The Morgan fingerprint density at radius 1 is 1.58 bits per heavy atom. The van der Waals surface area contributed by atoms with E-state index in [1.165, 1.54) is 0 Å². The third-order valence-corrected chi connectivity index (χ3v) is 1.48. The van der Waals surface area contributed by atoms with Crippen LogP contribution in [0.15, 0.2) is 0 Å². The number of rotatable bonds is 3. The van der Waals surface area contributed by atoms with Gasteiger partial charge in [-0.15, -0.1) is 0 Å². The second-order valence-electron chi connectivity index (χ2n) is 2.48. The molecule has 0 rings (SSSR count). The molecule has 0 aliphatic rings. The van der Waals surface area contributed by atoms with Crippen molar-refractivity contribution in [1.82, 2.24) is 0 Å². The van der Waals surface area contributed by atoms with Crippen molar-refractivity contribution in [2.24, 2.45) is 0 Å². The van der Waals surface area contributed by atoms with Crippen molar-refractivity contribution in [2.75, 3.05) is 6.61 Å². The highest BCUT2D eigenvalue weighted by Crippen LogP contribution is 2.14. The smallest absolute Gasteiger partial charge is 0.435 e. The first-order valence-corrected chi connectivity index (χ1v) is 3.85. The molecular weight excluding hydrogens is 158 g/mol. The summed E-state index contributed by atoms with van der Waals surface area (Å²) < 4.78 is 9.28. The molecule has 0 aromatic rings. The maximum atomic E-state index is 10.8. The zero-order chi connectivity index (χ0) is 9.61. The van der Waals surface area contributed by atoms with Crippen LogP contribution < -0.4 is 0 Å². The fourth-order valence-electron chi connectivity index (χ4n) is 0.505. The number of hydrogen-bond acceptors (Lipinski definition) is 4. The molecule has 4 nitrogen and oxygen atoms in total. The fourth-order valence-corrected chi connectivity index (χ4v) is 0.505. The molecule has 0 fully saturated rings. The SMILES string of the molecule is CCOC(=O)OC(C)(C#N)CC. The Kier molecular flexibility index (Phi) is 4.12. The molecule has 0 bridgehead atoms. The first-order chi connectivity index (χ1) is 5.58. The van der Waals surface area contributed by atoms with Crippen LogP contribution in [0.2, 0.25) is 0 Å². The van der Waals surface area contributed by atoms with Gasteiger partial charge in [0.25, 0.3) is 0 Å². The number of nitriles is 1. The molecule has 0 aliphatic heterocycles. The Labute approximate surface area is 72.1 Å². The molecule has 68 valence electrons. The predicted molar refractivity (Wildman–Crippen MR) is 42.4 cm³/mol. The van der Waals surface area contributed by atoms with Crippen LogP contribution in [-0.4, -0.2) is 18.4 Å². The number of carbonyl (C=O) groups excluding carboxylic acids is 1. The second-order valence-corrected chi connectivity index (χ2v) is 2.48. The van der Waals surface area contributed by atoms with Gasteiger partial charge >= 0.3 is 6.16 Å². The van der Waals surface area contributed by atoms with Gasteiger partial charge in [-0.3, -0.25) is 0 Å². The molecule has 0 aliphatic carbocycles. The molecule has 0 saturated carbocycles. The lowest BCUT2D eigenvalue weighted by Gasteiger charge is -2.18. The number of carbonyl (C=O) groups is 1. The van der Waals surface area contributed by atoms with Crippen molar-refractivity contribution in [2.45, 2.75) is 32.8 Å². The van der Waals surface area contributed by atoms with E-state index < -0.39 is 11.8 Å². The van der Waals surface area contributed by atoms with E-state index in [2.05, 4.69) is 4.74 Å². The predicted octanol–water partition coefficient (Wildman–Crippen LogP) is 1.85. The summed E-state index contributed by atoms with van der Waals surface area (Å²) in [5, 5.41) is 8.62. The highest BCUT2D eigenvalue weighted by atomic mass is 16.7. The monoisotopic (exact) mass is 171 g/mol. The molecule has 4 heteroatoms. The van der Waals surface area contributed by atoms with Crippen molar-refractivity contribution in [3.8, 4) is 6.07 Å². The zero-order valence-corrected chi connectivity index (χ0v) is 7.59. The average Bonchev–Trinajstić information content (AvgIpc) is 2.05. The summed E-state index contributed by atoms with van der Waals surface area (Å²) in [5.41, 5.74) is -1.06. The van der Waals surface area contributed by atoms with Gasteiger partial charge in [0, 0.05) is 0 Å². The Hall–Kier alpha value is -1.24. The summed E-state index contributed by atoms with van der Waals surface area (Å²) in [4.78, 5) is 10.8. The third kappa shape index (κ3) is 3.24. The van der Waals surface area contributed by atoms with Crippen molar-refractivity contribution in [1.29, 1.82) is 5.26 Å². The molecule has 12 heavy (non-hydrogen) atoms. The highest BCUT2D eigenvalue weighted by Gasteiger charge is 2.26. The summed E-state index contributed by atoms with van der Waals surface area (Å²) >= 11 is 0. The van der Waals surface area contributed by atoms with E-state index in [-0.39, 0.29) is 6.61 Å². The molecule has 1 unspecified atom stereocenters. The molecule has 0 spiro atoms. The number of nitrogens with zero attached hydrogens (tertiary/aromatic N) is 1. The van der Waals surface area contributed by atoms with Crippen LogP contribution in [0.25, 0.3) is 0 Å². The summed E-state index contributed by atoms with van der Waals surface area (Å²) in [6.07, 6.45) is -0.342.